The molecule has 2 aromatic rings. The van der Waals surface area contributed by atoms with Crippen molar-refractivity contribution in [1.82, 2.24) is 0 Å². The molecule has 0 heterocycles. The van der Waals surface area contributed by atoms with Crippen LogP contribution in [0.1, 0.15) is 43.2 Å². The van der Waals surface area contributed by atoms with E-state index in [9.17, 15) is 8.42 Å². The van der Waals surface area contributed by atoms with Crippen LogP contribution in [-0.4, -0.2) is 18.7 Å². The molecule has 0 fully saturated rings. The van der Waals surface area contributed by atoms with Crippen molar-refractivity contribution in [3.8, 4) is 5.75 Å². The second kappa shape index (κ2) is 10.2. The van der Waals surface area contributed by atoms with Crippen molar-refractivity contribution >= 4 is 10.1 Å². The van der Waals surface area contributed by atoms with Crippen LogP contribution in [0.25, 0.3) is 0 Å². The number of ether oxygens (including phenoxy) is 1. The lowest BCUT2D eigenvalue weighted by Crippen LogP contribution is -2.03. The second-order valence-corrected chi connectivity index (χ2v) is 7.76. The molecule has 0 aliphatic heterocycles. The first-order valence-corrected chi connectivity index (χ1v) is 10.4. The van der Waals surface area contributed by atoms with Gasteiger partial charge in [0.15, 0.2) is 0 Å². The first kappa shape index (κ1) is 19.5. The van der Waals surface area contributed by atoms with E-state index in [1.807, 2.05) is 36.4 Å². The molecule has 0 amide bonds. The van der Waals surface area contributed by atoms with Crippen molar-refractivity contribution in [2.45, 2.75) is 45.1 Å². The molecule has 0 saturated carbocycles. The summed E-state index contributed by atoms with van der Waals surface area (Å²) in [6, 6.07) is 18.2. The normalized spacial score (nSPS) is 11.4. The third kappa shape index (κ3) is 8.18. The zero-order chi connectivity index (χ0) is 18.0. The Kier molecular flexibility index (Phi) is 7.95. The average Bonchev–Trinajstić information content (AvgIpc) is 2.60. The highest BCUT2D eigenvalue weighted by Gasteiger charge is 2.05. The minimum atomic E-state index is -3.81. The van der Waals surface area contributed by atoms with Gasteiger partial charge in [-0.15, -0.1) is 0 Å². The first-order chi connectivity index (χ1) is 12.0. The van der Waals surface area contributed by atoms with E-state index in [-0.39, 0.29) is 5.75 Å². The zero-order valence-electron chi connectivity index (χ0n) is 14.4. The van der Waals surface area contributed by atoms with Gasteiger partial charge in [-0.05, 0) is 36.5 Å². The molecule has 4 nitrogen and oxygen atoms in total. The summed E-state index contributed by atoms with van der Waals surface area (Å²) in [5.74, 6) is 0.793. The maximum atomic E-state index is 10.6. The third-order valence-electron chi connectivity index (χ3n) is 4.06. The Hall–Kier alpha value is -1.85. The summed E-state index contributed by atoms with van der Waals surface area (Å²) < 4.78 is 35.9. The van der Waals surface area contributed by atoms with E-state index >= 15 is 0 Å². The number of hydrogen-bond donors (Lipinski definition) is 1. The van der Waals surface area contributed by atoms with Crippen LogP contribution in [0.15, 0.2) is 54.6 Å². The molecule has 0 atom stereocenters. The lowest BCUT2D eigenvalue weighted by Gasteiger charge is -2.11. The Balaban J connectivity index is 1.71. The molecule has 2 aromatic carbocycles. The van der Waals surface area contributed by atoms with Crippen LogP contribution in [0.5, 0.6) is 5.75 Å². The van der Waals surface area contributed by atoms with Crippen molar-refractivity contribution in [3.63, 3.8) is 0 Å². The molecular formula is C20H26O4S. The summed E-state index contributed by atoms with van der Waals surface area (Å²) >= 11 is 0. The highest BCUT2D eigenvalue weighted by molar-refractivity contribution is 7.85. The van der Waals surface area contributed by atoms with Gasteiger partial charge in [0.1, 0.15) is 12.4 Å². The fourth-order valence-corrected chi connectivity index (χ4v) is 3.29. The van der Waals surface area contributed by atoms with Crippen LogP contribution in [0.4, 0.5) is 0 Å². The van der Waals surface area contributed by atoms with Gasteiger partial charge in [-0.2, -0.15) is 8.42 Å². The Morgan fingerprint density at radius 1 is 0.800 bits per heavy atom. The lowest BCUT2D eigenvalue weighted by molar-refractivity contribution is 0.302. The van der Waals surface area contributed by atoms with Crippen LogP contribution in [0.3, 0.4) is 0 Å². The molecule has 0 unspecified atom stereocenters. The van der Waals surface area contributed by atoms with Crippen molar-refractivity contribution in [1.29, 1.82) is 0 Å². The van der Waals surface area contributed by atoms with Gasteiger partial charge in [0.05, 0.1) is 5.75 Å². The molecule has 25 heavy (non-hydrogen) atoms. The minimum absolute atomic E-state index is 0.136. The third-order valence-corrected chi connectivity index (χ3v) is 4.86. The Labute approximate surface area is 150 Å². The van der Waals surface area contributed by atoms with Crippen LogP contribution in [-0.2, 0) is 23.1 Å². The smallest absolute Gasteiger partial charge is 0.264 e. The van der Waals surface area contributed by atoms with Crippen molar-refractivity contribution < 1.29 is 17.7 Å². The summed E-state index contributed by atoms with van der Waals surface area (Å²) in [4.78, 5) is 0. The van der Waals surface area contributed by atoms with E-state index in [4.69, 9.17) is 9.29 Å². The summed E-state index contributed by atoms with van der Waals surface area (Å²) in [5, 5.41) is 0. The molecule has 0 radical (unpaired) electrons. The van der Waals surface area contributed by atoms with Gasteiger partial charge in [-0.3, -0.25) is 4.55 Å². The molecule has 0 saturated heterocycles. The first-order valence-electron chi connectivity index (χ1n) is 8.74. The van der Waals surface area contributed by atoms with E-state index in [2.05, 4.69) is 18.2 Å². The molecular weight excluding hydrogens is 336 g/mol. The molecule has 0 aliphatic rings. The Morgan fingerprint density at radius 3 is 2.20 bits per heavy atom. The highest BCUT2D eigenvalue weighted by atomic mass is 32.2. The van der Waals surface area contributed by atoms with Gasteiger partial charge in [0, 0.05) is 0 Å². The van der Waals surface area contributed by atoms with E-state index in [1.54, 1.807) is 0 Å². The number of unbranched alkanes of at least 4 members (excludes halogenated alkanes) is 4. The van der Waals surface area contributed by atoms with Crippen molar-refractivity contribution in [3.05, 3.63) is 65.7 Å². The Morgan fingerprint density at radius 2 is 1.44 bits per heavy atom. The zero-order valence-corrected chi connectivity index (χ0v) is 15.2. The van der Waals surface area contributed by atoms with Crippen molar-refractivity contribution in [2.24, 2.45) is 0 Å². The molecule has 0 spiro atoms. The SMILES string of the molecule is O=S(=O)(O)CCCCCCCc1ccccc1OCc1ccccc1. The summed E-state index contributed by atoms with van der Waals surface area (Å²) in [6.07, 6.45) is 5.35. The van der Waals surface area contributed by atoms with Gasteiger partial charge in [0.2, 0.25) is 0 Å². The predicted molar refractivity (Wildman–Crippen MR) is 100 cm³/mol. The predicted octanol–water partition coefficient (Wildman–Crippen LogP) is 4.65. The van der Waals surface area contributed by atoms with Crippen LogP contribution >= 0.6 is 0 Å². The molecule has 1 N–H and O–H groups in total. The number of benzene rings is 2. The largest absolute Gasteiger partial charge is 0.489 e. The second-order valence-electron chi connectivity index (χ2n) is 6.19. The number of hydrogen-bond acceptors (Lipinski definition) is 3. The average molecular weight is 362 g/mol. The van der Waals surface area contributed by atoms with Gasteiger partial charge in [-0.25, -0.2) is 0 Å². The van der Waals surface area contributed by atoms with Crippen LogP contribution < -0.4 is 4.74 Å². The molecule has 0 aromatic heterocycles. The fourth-order valence-electron chi connectivity index (χ4n) is 2.72. The lowest BCUT2D eigenvalue weighted by atomic mass is 10.0. The van der Waals surface area contributed by atoms with Gasteiger partial charge < -0.3 is 4.74 Å². The monoisotopic (exact) mass is 362 g/mol. The van der Waals surface area contributed by atoms with E-state index in [0.717, 1.165) is 43.4 Å². The van der Waals surface area contributed by atoms with Gasteiger partial charge >= 0.3 is 0 Å². The highest BCUT2D eigenvalue weighted by Crippen LogP contribution is 2.22. The summed E-state index contributed by atoms with van der Waals surface area (Å²) in [5.41, 5.74) is 2.35. The van der Waals surface area contributed by atoms with Crippen molar-refractivity contribution in [2.75, 3.05) is 5.75 Å². The maximum Gasteiger partial charge on any atom is 0.264 e. The molecule has 0 aliphatic carbocycles. The van der Waals surface area contributed by atoms with E-state index in [1.165, 1.54) is 5.56 Å². The molecule has 136 valence electrons. The molecule has 0 bridgehead atoms. The minimum Gasteiger partial charge on any atom is -0.489 e. The standard InChI is InChI=1S/C20H26O4S/c21-25(22,23)16-10-3-1-2-7-13-19-14-8-9-15-20(19)24-17-18-11-5-4-6-12-18/h4-6,8-9,11-12,14-15H,1-3,7,10,13,16-17H2,(H,21,22,23). The summed E-state index contributed by atoms with van der Waals surface area (Å²) in [7, 11) is -3.81. The van der Waals surface area contributed by atoms with E-state index < -0.39 is 10.1 Å². The quantitative estimate of drug-likeness (QED) is 0.467. The fraction of sp³-hybridized carbons (Fsp3) is 0.400. The molecule has 5 heteroatoms. The van der Waals surface area contributed by atoms with Crippen LogP contribution in [0.2, 0.25) is 0 Å². The maximum absolute atomic E-state index is 10.6. The molecule has 2 rings (SSSR count). The van der Waals surface area contributed by atoms with E-state index in [0.29, 0.717) is 13.0 Å². The van der Waals surface area contributed by atoms with Gasteiger partial charge in [0.25, 0.3) is 10.1 Å². The number of rotatable bonds is 11. The number of para-hydroxylation sites is 1. The Bertz CT molecular complexity index is 726. The van der Waals surface area contributed by atoms with Crippen LogP contribution in [0, 0.1) is 0 Å². The van der Waals surface area contributed by atoms with Gasteiger partial charge in [-0.1, -0.05) is 67.8 Å². The topological polar surface area (TPSA) is 63.6 Å². The number of aryl methyl sites for hydroxylation is 1. The summed E-state index contributed by atoms with van der Waals surface area (Å²) in [6.45, 7) is 0.563.